The van der Waals surface area contributed by atoms with Gasteiger partial charge in [-0.3, -0.25) is 9.88 Å². The summed E-state index contributed by atoms with van der Waals surface area (Å²) >= 11 is 0. The van der Waals surface area contributed by atoms with E-state index >= 15 is 0 Å². The standard InChI is InChI=1S/C21H26N6O/c1-28-19-8-6-17(7-9-19)16-27-21(23-24-25-27)20(18-10-12-22-13-11-18)26-14-4-2-3-5-15-26/h6-13,20H,2-5,14-16H2,1H3. The summed E-state index contributed by atoms with van der Waals surface area (Å²) < 4.78 is 7.17. The van der Waals surface area contributed by atoms with Crippen LogP contribution < -0.4 is 4.74 Å². The number of tetrazole rings is 1. The average Bonchev–Trinajstić information content (AvgIpc) is 3.02. The molecule has 1 fully saturated rings. The van der Waals surface area contributed by atoms with Gasteiger partial charge in [0, 0.05) is 12.4 Å². The van der Waals surface area contributed by atoms with Crippen LogP contribution in [0.5, 0.6) is 5.75 Å². The van der Waals surface area contributed by atoms with E-state index in [0.717, 1.165) is 30.2 Å². The fourth-order valence-electron chi connectivity index (χ4n) is 3.85. The smallest absolute Gasteiger partial charge is 0.173 e. The first-order chi connectivity index (χ1) is 13.8. The molecule has 0 aliphatic carbocycles. The number of hydrogen-bond donors (Lipinski definition) is 0. The van der Waals surface area contributed by atoms with Crippen LogP contribution in [0.4, 0.5) is 0 Å². The Morgan fingerprint density at radius 2 is 1.68 bits per heavy atom. The summed E-state index contributed by atoms with van der Waals surface area (Å²) in [5.41, 5.74) is 2.32. The molecule has 28 heavy (non-hydrogen) atoms. The lowest BCUT2D eigenvalue weighted by Gasteiger charge is -2.30. The second-order valence-electron chi connectivity index (χ2n) is 7.18. The van der Waals surface area contributed by atoms with Crippen LogP contribution in [-0.4, -0.2) is 50.3 Å². The van der Waals surface area contributed by atoms with Gasteiger partial charge < -0.3 is 4.74 Å². The monoisotopic (exact) mass is 378 g/mol. The van der Waals surface area contributed by atoms with E-state index in [9.17, 15) is 0 Å². The number of rotatable bonds is 6. The molecular weight excluding hydrogens is 352 g/mol. The van der Waals surface area contributed by atoms with Gasteiger partial charge in [-0.1, -0.05) is 25.0 Å². The SMILES string of the molecule is COc1ccc(Cn2nnnc2C(c2ccncc2)N2CCCCCC2)cc1. The topological polar surface area (TPSA) is 69.0 Å². The van der Waals surface area contributed by atoms with E-state index in [1.165, 1.54) is 31.2 Å². The van der Waals surface area contributed by atoms with E-state index in [4.69, 9.17) is 4.74 Å². The summed E-state index contributed by atoms with van der Waals surface area (Å²) in [5, 5.41) is 12.8. The molecule has 1 aliphatic heterocycles. The van der Waals surface area contributed by atoms with Crippen LogP contribution in [0.3, 0.4) is 0 Å². The molecular formula is C21H26N6O. The highest BCUT2D eigenvalue weighted by Crippen LogP contribution is 2.29. The molecule has 3 aromatic rings. The second-order valence-corrected chi connectivity index (χ2v) is 7.18. The lowest BCUT2D eigenvalue weighted by atomic mass is 10.1. The van der Waals surface area contributed by atoms with E-state index < -0.39 is 0 Å². The second kappa shape index (κ2) is 8.93. The van der Waals surface area contributed by atoms with Gasteiger partial charge in [-0.2, -0.15) is 0 Å². The summed E-state index contributed by atoms with van der Waals surface area (Å²) in [6.45, 7) is 2.74. The van der Waals surface area contributed by atoms with Crippen molar-refractivity contribution in [3.05, 3.63) is 65.7 Å². The zero-order valence-electron chi connectivity index (χ0n) is 16.2. The van der Waals surface area contributed by atoms with Gasteiger partial charge in [-0.05, 0) is 71.8 Å². The molecule has 3 heterocycles. The number of likely N-dealkylation sites (tertiary alicyclic amines) is 1. The molecule has 0 radical (unpaired) electrons. The largest absolute Gasteiger partial charge is 0.497 e. The highest BCUT2D eigenvalue weighted by Gasteiger charge is 2.28. The first-order valence-electron chi connectivity index (χ1n) is 9.88. The highest BCUT2D eigenvalue weighted by molar-refractivity contribution is 5.28. The van der Waals surface area contributed by atoms with Crippen molar-refractivity contribution in [2.75, 3.05) is 20.2 Å². The van der Waals surface area contributed by atoms with Crippen LogP contribution in [0.2, 0.25) is 0 Å². The predicted molar refractivity (Wildman–Crippen MR) is 106 cm³/mol. The van der Waals surface area contributed by atoms with Crippen molar-refractivity contribution in [2.45, 2.75) is 38.3 Å². The zero-order valence-corrected chi connectivity index (χ0v) is 16.2. The molecule has 1 atom stereocenters. The molecule has 1 unspecified atom stereocenters. The Labute approximate surface area is 165 Å². The van der Waals surface area contributed by atoms with Gasteiger partial charge in [0.2, 0.25) is 0 Å². The van der Waals surface area contributed by atoms with Crippen LogP contribution in [0, 0.1) is 0 Å². The van der Waals surface area contributed by atoms with Crippen LogP contribution >= 0.6 is 0 Å². The van der Waals surface area contributed by atoms with E-state index in [1.54, 1.807) is 7.11 Å². The summed E-state index contributed by atoms with van der Waals surface area (Å²) in [4.78, 5) is 6.70. The fraction of sp³-hybridized carbons (Fsp3) is 0.429. The van der Waals surface area contributed by atoms with Gasteiger partial charge in [-0.15, -0.1) is 5.10 Å². The number of hydrogen-bond acceptors (Lipinski definition) is 6. The Bertz CT molecular complexity index is 856. The van der Waals surface area contributed by atoms with E-state index in [-0.39, 0.29) is 6.04 Å². The highest BCUT2D eigenvalue weighted by atomic mass is 16.5. The zero-order chi connectivity index (χ0) is 19.2. The summed E-state index contributed by atoms with van der Waals surface area (Å²) in [6.07, 6.45) is 8.69. The molecule has 0 N–H and O–H groups in total. The van der Waals surface area contributed by atoms with E-state index in [0.29, 0.717) is 6.54 Å². The average molecular weight is 378 g/mol. The van der Waals surface area contributed by atoms with Gasteiger partial charge in [-0.25, -0.2) is 4.68 Å². The quantitative estimate of drug-likeness (QED) is 0.657. The van der Waals surface area contributed by atoms with Crippen molar-refractivity contribution in [1.29, 1.82) is 0 Å². The molecule has 7 heteroatoms. The number of aromatic nitrogens is 5. The number of benzene rings is 1. The molecule has 0 amide bonds. The molecule has 1 aromatic carbocycles. The number of methoxy groups -OCH3 is 1. The van der Waals surface area contributed by atoms with Gasteiger partial charge in [0.1, 0.15) is 5.75 Å². The third-order valence-corrected chi connectivity index (χ3v) is 5.32. The summed E-state index contributed by atoms with van der Waals surface area (Å²) in [5.74, 6) is 1.73. The lowest BCUT2D eigenvalue weighted by molar-refractivity contribution is 0.221. The molecule has 1 aliphatic rings. The van der Waals surface area contributed by atoms with Crippen molar-refractivity contribution in [3.8, 4) is 5.75 Å². The molecule has 2 aromatic heterocycles. The fourth-order valence-corrected chi connectivity index (χ4v) is 3.85. The predicted octanol–water partition coefficient (Wildman–Crippen LogP) is 3.09. The van der Waals surface area contributed by atoms with Crippen molar-refractivity contribution in [2.24, 2.45) is 0 Å². The first kappa shape index (κ1) is 18.6. The van der Waals surface area contributed by atoms with Crippen molar-refractivity contribution in [3.63, 3.8) is 0 Å². The lowest BCUT2D eigenvalue weighted by Crippen LogP contribution is -2.33. The third-order valence-electron chi connectivity index (χ3n) is 5.32. The van der Waals surface area contributed by atoms with Gasteiger partial charge in [0.15, 0.2) is 5.82 Å². The van der Waals surface area contributed by atoms with Crippen LogP contribution in [0.15, 0.2) is 48.8 Å². The maximum Gasteiger partial charge on any atom is 0.173 e. The number of ether oxygens (including phenoxy) is 1. The van der Waals surface area contributed by atoms with E-state index in [2.05, 4.69) is 49.7 Å². The first-order valence-corrected chi connectivity index (χ1v) is 9.88. The Hall–Kier alpha value is -2.80. The molecule has 0 bridgehead atoms. The van der Waals surface area contributed by atoms with Crippen LogP contribution in [0.1, 0.15) is 48.7 Å². The Balaban J connectivity index is 1.65. The number of nitrogens with zero attached hydrogens (tertiary/aromatic N) is 6. The minimum absolute atomic E-state index is 0.0364. The van der Waals surface area contributed by atoms with Gasteiger partial charge in [0.25, 0.3) is 0 Å². The van der Waals surface area contributed by atoms with Crippen molar-refractivity contribution >= 4 is 0 Å². The Morgan fingerprint density at radius 1 is 0.964 bits per heavy atom. The summed E-state index contributed by atoms with van der Waals surface area (Å²) in [6, 6.07) is 12.2. The Kier molecular flexibility index (Phi) is 5.92. The van der Waals surface area contributed by atoms with Crippen LogP contribution in [-0.2, 0) is 6.54 Å². The normalized spacial score (nSPS) is 16.5. The van der Waals surface area contributed by atoms with Crippen LogP contribution in [0.25, 0.3) is 0 Å². The molecule has 0 saturated carbocycles. The maximum atomic E-state index is 5.26. The van der Waals surface area contributed by atoms with Crippen molar-refractivity contribution < 1.29 is 4.74 Å². The minimum atomic E-state index is 0.0364. The third kappa shape index (κ3) is 4.20. The van der Waals surface area contributed by atoms with Gasteiger partial charge >= 0.3 is 0 Å². The van der Waals surface area contributed by atoms with Gasteiger partial charge in [0.05, 0.1) is 19.7 Å². The number of pyridine rings is 1. The van der Waals surface area contributed by atoms with Crippen molar-refractivity contribution in [1.82, 2.24) is 30.1 Å². The van der Waals surface area contributed by atoms with E-state index in [1.807, 2.05) is 29.2 Å². The Morgan fingerprint density at radius 3 is 2.36 bits per heavy atom. The molecule has 0 spiro atoms. The maximum absolute atomic E-state index is 5.26. The minimum Gasteiger partial charge on any atom is -0.497 e. The molecule has 1 saturated heterocycles. The molecule has 146 valence electrons. The molecule has 4 rings (SSSR count). The summed E-state index contributed by atoms with van der Waals surface area (Å²) in [7, 11) is 1.68. The molecule has 7 nitrogen and oxygen atoms in total.